The monoisotopic (exact) mass is 367 g/mol. The number of rotatable bonds is 4. The van der Waals surface area contributed by atoms with Crippen LogP contribution in [0.4, 0.5) is 11.5 Å². The Balaban J connectivity index is 2.09. The molecule has 3 aromatic rings. The van der Waals surface area contributed by atoms with Crippen molar-refractivity contribution in [3.63, 3.8) is 0 Å². The van der Waals surface area contributed by atoms with Gasteiger partial charge in [0.2, 0.25) is 0 Å². The number of nitrogens with zero attached hydrogens (tertiary/aromatic N) is 4. The molecule has 1 aromatic carbocycles. The molecule has 0 fully saturated rings. The molecule has 0 aliphatic carbocycles. The third-order valence-electron chi connectivity index (χ3n) is 3.99. The first-order valence-corrected chi connectivity index (χ1v) is 9.12. The summed E-state index contributed by atoms with van der Waals surface area (Å²) in [6.45, 7) is 9.79. The number of anilines is 2. The number of hydrogen-bond donors (Lipinski definition) is 1. The summed E-state index contributed by atoms with van der Waals surface area (Å²) >= 11 is 1.31. The van der Waals surface area contributed by atoms with Gasteiger partial charge in [-0.15, -0.1) is 11.3 Å². The van der Waals surface area contributed by atoms with Crippen LogP contribution in [0.2, 0.25) is 0 Å². The summed E-state index contributed by atoms with van der Waals surface area (Å²) in [6.07, 6.45) is 3.26. The van der Waals surface area contributed by atoms with E-state index in [2.05, 4.69) is 32.5 Å². The maximum Gasteiger partial charge on any atom is 0.288 e. The molecule has 0 atom stereocenters. The van der Waals surface area contributed by atoms with Crippen molar-refractivity contribution >= 4 is 28.7 Å². The maximum atomic E-state index is 13.2. The Morgan fingerprint density at radius 2 is 1.77 bits per heavy atom. The van der Waals surface area contributed by atoms with Crippen molar-refractivity contribution < 1.29 is 4.79 Å². The predicted molar refractivity (Wildman–Crippen MR) is 105 cm³/mol. The van der Waals surface area contributed by atoms with Gasteiger partial charge in [0.25, 0.3) is 5.91 Å². The van der Waals surface area contributed by atoms with Gasteiger partial charge >= 0.3 is 0 Å². The molecule has 0 saturated heterocycles. The number of carbonyl (C=O) groups excluding carboxylic acids is 1. The van der Waals surface area contributed by atoms with E-state index in [1.807, 2.05) is 34.6 Å². The minimum Gasteiger partial charge on any atom is -0.273 e. The number of aryl methyl sites for hydroxylation is 5. The Bertz CT molecular complexity index is 930. The van der Waals surface area contributed by atoms with Crippen LogP contribution in [0.15, 0.2) is 30.0 Å². The third kappa shape index (κ3) is 3.57. The lowest BCUT2D eigenvalue weighted by Gasteiger charge is -2.27. The highest BCUT2D eigenvalue weighted by Gasteiger charge is 2.24. The predicted octanol–water partition coefficient (Wildman–Crippen LogP) is 4.15. The molecule has 26 heavy (non-hydrogen) atoms. The van der Waals surface area contributed by atoms with E-state index in [-0.39, 0.29) is 5.91 Å². The highest BCUT2D eigenvalue weighted by molar-refractivity contribution is 7.11. The van der Waals surface area contributed by atoms with Gasteiger partial charge in [-0.3, -0.25) is 20.2 Å². The smallest absolute Gasteiger partial charge is 0.273 e. The minimum atomic E-state index is -0.177. The van der Waals surface area contributed by atoms with E-state index in [0.717, 1.165) is 33.8 Å². The van der Waals surface area contributed by atoms with Crippen molar-refractivity contribution in [2.75, 3.05) is 10.4 Å². The van der Waals surface area contributed by atoms with E-state index in [0.29, 0.717) is 10.7 Å². The molecule has 1 N–H and O–H groups in total. The first kappa shape index (κ1) is 18.0. The van der Waals surface area contributed by atoms with Crippen LogP contribution in [0, 0.1) is 34.6 Å². The van der Waals surface area contributed by atoms with Crippen molar-refractivity contribution in [3.8, 4) is 0 Å². The van der Waals surface area contributed by atoms with Gasteiger partial charge in [0.05, 0.1) is 35.0 Å². The van der Waals surface area contributed by atoms with Gasteiger partial charge < -0.3 is 0 Å². The summed E-state index contributed by atoms with van der Waals surface area (Å²) in [6, 6.07) is 4.12. The van der Waals surface area contributed by atoms with Crippen molar-refractivity contribution in [1.82, 2.24) is 15.0 Å². The van der Waals surface area contributed by atoms with Gasteiger partial charge in [0.1, 0.15) is 4.88 Å². The average Bonchev–Trinajstić information content (AvgIpc) is 3.09. The van der Waals surface area contributed by atoms with E-state index in [1.54, 1.807) is 22.9 Å². The van der Waals surface area contributed by atoms with Crippen LogP contribution >= 0.6 is 11.3 Å². The first-order chi connectivity index (χ1) is 12.4. The van der Waals surface area contributed by atoms with E-state index in [4.69, 9.17) is 0 Å². The highest BCUT2D eigenvalue weighted by atomic mass is 32.1. The Hall–Kier alpha value is -2.80. The van der Waals surface area contributed by atoms with E-state index in [9.17, 15) is 4.79 Å². The van der Waals surface area contributed by atoms with Crippen molar-refractivity contribution in [2.45, 2.75) is 34.6 Å². The van der Waals surface area contributed by atoms with Crippen LogP contribution in [-0.4, -0.2) is 20.9 Å². The average molecular weight is 367 g/mol. The summed E-state index contributed by atoms with van der Waals surface area (Å²) in [5, 5.41) is 1.55. The van der Waals surface area contributed by atoms with Gasteiger partial charge in [0, 0.05) is 0 Å². The molecule has 2 heterocycles. The second-order valence-electron chi connectivity index (χ2n) is 6.31. The lowest BCUT2D eigenvalue weighted by Crippen LogP contribution is -2.37. The topological polar surface area (TPSA) is 71.0 Å². The largest absolute Gasteiger partial charge is 0.288 e. The minimum absolute atomic E-state index is 0.177. The maximum absolute atomic E-state index is 13.2. The number of amides is 1. The Labute approximate surface area is 156 Å². The van der Waals surface area contributed by atoms with E-state index in [1.165, 1.54) is 11.3 Å². The molecule has 0 aliphatic heterocycles. The standard InChI is InChI=1S/C19H21N5OS/c1-11-6-12(2)17(13(3)7-11)24(19(25)16-9-20-10-26-16)23-18-15(5)22-14(4)8-21-18/h6-10H,1-5H3,(H,21,23). The zero-order valence-electron chi connectivity index (χ0n) is 15.5. The molecular formula is C19H21N5OS. The second-order valence-corrected chi connectivity index (χ2v) is 7.20. The zero-order valence-corrected chi connectivity index (χ0v) is 16.3. The molecule has 6 nitrogen and oxygen atoms in total. The fourth-order valence-corrected chi connectivity index (χ4v) is 3.53. The van der Waals surface area contributed by atoms with Gasteiger partial charge in [-0.25, -0.2) is 9.99 Å². The van der Waals surface area contributed by atoms with Crippen LogP contribution in [0.5, 0.6) is 0 Å². The number of benzene rings is 1. The van der Waals surface area contributed by atoms with E-state index < -0.39 is 0 Å². The molecule has 0 unspecified atom stereocenters. The number of carbonyl (C=O) groups is 1. The fraction of sp³-hybridized carbons (Fsp3) is 0.263. The fourth-order valence-electron chi connectivity index (χ4n) is 2.98. The molecule has 0 aliphatic rings. The molecule has 0 saturated carbocycles. The summed E-state index contributed by atoms with van der Waals surface area (Å²) in [7, 11) is 0. The summed E-state index contributed by atoms with van der Waals surface area (Å²) in [4.78, 5) is 26.6. The Morgan fingerprint density at radius 1 is 1.08 bits per heavy atom. The SMILES string of the molecule is Cc1cc(C)c(N(Nc2ncc(C)nc2C)C(=O)c2cncs2)c(C)c1. The number of aromatic nitrogens is 3. The molecule has 2 aromatic heterocycles. The van der Waals surface area contributed by atoms with Gasteiger partial charge in [-0.05, 0) is 45.7 Å². The molecular weight excluding hydrogens is 346 g/mol. The lowest BCUT2D eigenvalue weighted by molar-refractivity contribution is 0.0996. The third-order valence-corrected chi connectivity index (χ3v) is 4.75. The molecule has 3 rings (SSSR count). The molecule has 0 spiro atoms. The normalized spacial score (nSPS) is 10.7. The Kier molecular flexibility index (Phi) is 4.99. The summed E-state index contributed by atoms with van der Waals surface area (Å²) in [5.41, 5.74) is 10.4. The number of hydrazine groups is 1. The number of nitrogens with one attached hydrogen (secondary N) is 1. The molecule has 7 heteroatoms. The van der Waals surface area contributed by atoms with Crippen molar-refractivity contribution in [3.05, 3.63) is 63.0 Å². The second kappa shape index (κ2) is 7.21. The van der Waals surface area contributed by atoms with E-state index >= 15 is 0 Å². The highest BCUT2D eigenvalue weighted by Crippen LogP contribution is 2.29. The molecule has 0 bridgehead atoms. The van der Waals surface area contributed by atoms with Crippen LogP contribution in [0.1, 0.15) is 37.7 Å². The summed E-state index contributed by atoms with van der Waals surface area (Å²) < 4.78 is 0. The lowest BCUT2D eigenvalue weighted by atomic mass is 10.0. The van der Waals surface area contributed by atoms with Gasteiger partial charge in [0.15, 0.2) is 5.82 Å². The van der Waals surface area contributed by atoms with Crippen molar-refractivity contribution in [1.29, 1.82) is 0 Å². The quantitative estimate of drug-likeness (QED) is 0.702. The Morgan fingerprint density at radius 3 is 2.35 bits per heavy atom. The van der Waals surface area contributed by atoms with Crippen LogP contribution in [-0.2, 0) is 0 Å². The van der Waals surface area contributed by atoms with Gasteiger partial charge in [-0.1, -0.05) is 17.7 Å². The molecule has 1 amide bonds. The van der Waals surface area contributed by atoms with Crippen LogP contribution in [0.3, 0.4) is 0 Å². The van der Waals surface area contributed by atoms with Crippen molar-refractivity contribution in [2.24, 2.45) is 0 Å². The van der Waals surface area contributed by atoms with Crippen LogP contribution in [0.25, 0.3) is 0 Å². The summed E-state index contributed by atoms with van der Waals surface area (Å²) in [5.74, 6) is 0.372. The molecule has 0 radical (unpaired) electrons. The van der Waals surface area contributed by atoms with Gasteiger partial charge in [-0.2, -0.15) is 0 Å². The number of hydrogen-bond acceptors (Lipinski definition) is 6. The first-order valence-electron chi connectivity index (χ1n) is 8.24. The van der Waals surface area contributed by atoms with Crippen LogP contribution < -0.4 is 10.4 Å². The number of thiazole rings is 1. The molecule has 134 valence electrons. The zero-order chi connectivity index (χ0) is 18.8.